The summed E-state index contributed by atoms with van der Waals surface area (Å²) in [6.45, 7) is 4.72. The van der Waals surface area contributed by atoms with Crippen LogP contribution in [0.25, 0.3) is 0 Å². The lowest BCUT2D eigenvalue weighted by Crippen LogP contribution is -2.00. The minimum atomic E-state index is 0.596. The number of pyridine rings is 1. The van der Waals surface area contributed by atoms with E-state index in [1.54, 1.807) is 0 Å². The molecule has 2 rings (SSSR count). The van der Waals surface area contributed by atoms with Gasteiger partial charge in [-0.2, -0.15) is 0 Å². The summed E-state index contributed by atoms with van der Waals surface area (Å²) in [6.07, 6.45) is 2.78. The lowest BCUT2D eigenvalue weighted by Gasteiger charge is -2.10. The first-order valence-corrected chi connectivity index (χ1v) is 5.92. The van der Waals surface area contributed by atoms with Crippen LogP contribution in [0.5, 0.6) is 5.75 Å². The van der Waals surface area contributed by atoms with E-state index >= 15 is 0 Å². The molecule has 1 aromatic heterocycles. The monoisotopic (exact) mass is 227 g/mol. The van der Waals surface area contributed by atoms with Gasteiger partial charge in [0.1, 0.15) is 12.4 Å². The molecule has 0 atom stereocenters. The van der Waals surface area contributed by atoms with Crippen molar-refractivity contribution < 1.29 is 4.74 Å². The second-order valence-electron chi connectivity index (χ2n) is 4.09. The zero-order chi connectivity index (χ0) is 12.1. The number of benzene rings is 1. The summed E-state index contributed by atoms with van der Waals surface area (Å²) in [5.41, 5.74) is 3.33. The van der Waals surface area contributed by atoms with Gasteiger partial charge in [-0.25, -0.2) is 0 Å². The largest absolute Gasteiger partial charge is 0.487 e. The van der Waals surface area contributed by atoms with E-state index in [-0.39, 0.29) is 0 Å². The molecule has 1 heterocycles. The van der Waals surface area contributed by atoms with Gasteiger partial charge in [0.25, 0.3) is 0 Å². The van der Waals surface area contributed by atoms with Crippen molar-refractivity contribution in [2.24, 2.45) is 0 Å². The lowest BCUT2D eigenvalue weighted by atomic mass is 10.2. The zero-order valence-electron chi connectivity index (χ0n) is 10.3. The third-order valence-electron chi connectivity index (χ3n) is 2.64. The fourth-order valence-corrected chi connectivity index (χ4v) is 1.70. The molecule has 0 saturated heterocycles. The van der Waals surface area contributed by atoms with E-state index in [0.29, 0.717) is 6.61 Å². The summed E-state index contributed by atoms with van der Waals surface area (Å²) in [5, 5.41) is 0. The van der Waals surface area contributed by atoms with Gasteiger partial charge in [-0.15, -0.1) is 0 Å². The Kier molecular flexibility index (Phi) is 3.76. The van der Waals surface area contributed by atoms with Gasteiger partial charge in [0, 0.05) is 6.20 Å². The summed E-state index contributed by atoms with van der Waals surface area (Å²) in [7, 11) is 0. The highest BCUT2D eigenvalue weighted by molar-refractivity contribution is 5.31. The molecule has 2 nitrogen and oxygen atoms in total. The van der Waals surface area contributed by atoms with E-state index in [1.807, 2.05) is 31.3 Å². The Labute approximate surface area is 102 Å². The molecule has 88 valence electrons. The number of aromatic nitrogens is 1. The maximum Gasteiger partial charge on any atom is 0.141 e. The molecule has 2 aromatic rings. The highest BCUT2D eigenvalue weighted by Crippen LogP contribution is 2.19. The molecular weight excluding hydrogens is 210 g/mol. The predicted molar refractivity (Wildman–Crippen MR) is 69.1 cm³/mol. The third kappa shape index (κ3) is 3.06. The van der Waals surface area contributed by atoms with Crippen LogP contribution in [0.15, 0.2) is 42.6 Å². The smallest absolute Gasteiger partial charge is 0.141 e. The molecule has 0 aliphatic carbocycles. The first-order valence-electron chi connectivity index (χ1n) is 5.92. The maximum absolute atomic E-state index is 5.83. The fraction of sp³-hybridized carbons (Fsp3) is 0.267. The summed E-state index contributed by atoms with van der Waals surface area (Å²) in [6, 6.07) is 12.2. The van der Waals surface area contributed by atoms with Crippen LogP contribution in [0.4, 0.5) is 0 Å². The van der Waals surface area contributed by atoms with Gasteiger partial charge in [-0.3, -0.25) is 4.98 Å². The van der Waals surface area contributed by atoms with Crippen LogP contribution in [-0.4, -0.2) is 4.98 Å². The molecule has 0 aliphatic rings. The van der Waals surface area contributed by atoms with Crippen LogP contribution in [0.3, 0.4) is 0 Å². The highest BCUT2D eigenvalue weighted by Gasteiger charge is 2.04. The Bertz CT molecular complexity index is 480. The summed E-state index contributed by atoms with van der Waals surface area (Å²) in [5.74, 6) is 0.899. The minimum absolute atomic E-state index is 0.596. The summed E-state index contributed by atoms with van der Waals surface area (Å²) >= 11 is 0. The van der Waals surface area contributed by atoms with E-state index < -0.39 is 0 Å². The van der Waals surface area contributed by atoms with Gasteiger partial charge in [-0.1, -0.05) is 37.3 Å². The van der Waals surface area contributed by atoms with Crippen LogP contribution >= 0.6 is 0 Å². The van der Waals surface area contributed by atoms with E-state index in [9.17, 15) is 0 Å². The number of nitrogens with zero attached hydrogens (tertiary/aromatic N) is 1. The van der Waals surface area contributed by atoms with Crippen molar-refractivity contribution in [2.45, 2.75) is 26.9 Å². The van der Waals surface area contributed by atoms with Crippen LogP contribution in [0.1, 0.15) is 23.7 Å². The average molecular weight is 227 g/mol. The van der Waals surface area contributed by atoms with Crippen molar-refractivity contribution in [3.8, 4) is 5.75 Å². The third-order valence-corrected chi connectivity index (χ3v) is 2.64. The van der Waals surface area contributed by atoms with E-state index in [4.69, 9.17) is 4.74 Å². The van der Waals surface area contributed by atoms with Crippen LogP contribution in [0, 0.1) is 6.92 Å². The van der Waals surface area contributed by atoms with Crippen LogP contribution in [-0.2, 0) is 13.0 Å². The van der Waals surface area contributed by atoms with Crippen LogP contribution < -0.4 is 4.74 Å². The minimum Gasteiger partial charge on any atom is -0.487 e. The van der Waals surface area contributed by atoms with Crippen molar-refractivity contribution in [3.05, 3.63) is 59.4 Å². The van der Waals surface area contributed by atoms with Gasteiger partial charge < -0.3 is 4.74 Å². The molecule has 0 spiro atoms. The Morgan fingerprint density at radius 2 is 1.94 bits per heavy atom. The SMILES string of the molecule is CCc1ncc(C)cc1OCc1ccccc1. The van der Waals surface area contributed by atoms with Crippen molar-refractivity contribution >= 4 is 0 Å². The quantitative estimate of drug-likeness (QED) is 0.797. The van der Waals surface area contributed by atoms with E-state index in [2.05, 4.69) is 30.1 Å². The number of hydrogen-bond acceptors (Lipinski definition) is 2. The molecule has 0 unspecified atom stereocenters. The van der Waals surface area contributed by atoms with Crippen LogP contribution in [0.2, 0.25) is 0 Å². The molecule has 0 N–H and O–H groups in total. The molecule has 0 saturated carbocycles. The Hall–Kier alpha value is -1.83. The second-order valence-corrected chi connectivity index (χ2v) is 4.09. The first kappa shape index (κ1) is 11.6. The molecule has 0 aliphatic heterocycles. The summed E-state index contributed by atoms with van der Waals surface area (Å²) in [4.78, 5) is 4.38. The van der Waals surface area contributed by atoms with E-state index in [0.717, 1.165) is 23.4 Å². The Balaban J connectivity index is 2.11. The number of aryl methyl sites for hydroxylation is 2. The second kappa shape index (κ2) is 5.48. The van der Waals surface area contributed by atoms with Crippen molar-refractivity contribution in [2.75, 3.05) is 0 Å². The Morgan fingerprint density at radius 3 is 2.65 bits per heavy atom. The normalized spacial score (nSPS) is 10.2. The highest BCUT2D eigenvalue weighted by atomic mass is 16.5. The van der Waals surface area contributed by atoms with Gasteiger partial charge in [0.2, 0.25) is 0 Å². The van der Waals surface area contributed by atoms with Gasteiger partial charge in [-0.05, 0) is 30.5 Å². The molecule has 0 bridgehead atoms. The average Bonchev–Trinajstić information content (AvgIpc) is 2.38. The molecular formula is C15H17NO. The molecule has 0 radical (unpaired) electrons. The van der Waals surface area contributed by atoms with Crippen molar-refractivity contribution in [1.29, 1.82) is 0 Å². The Morgan fingerprint density at radius 1 is 1.18 bits per heavy atom. The fourth-order valence-electron chi connectivity index (χ4n) is 1.70. The number of ether oxygens (including phenoxy) is 1. The van der Waals surface area contributed by atoms with E-state index in [1.165, 1.54) is 5.56 Å². The molecule has 2 heteroatoms. The molecule has 1 aromatic carbocycles. The zero-order valence-corrected chi connectivity index (χ0v) is 10.3. The maximum atomic E-state index is 5.83. The van der Waals surface area contributed by atoms with Crippen molar-refractivity contribution in [3.63, 3.8) is 0 Å². The van der Waals surface area contributed by atoms with Gasteiger partial charge in [0.15, 0.2) is 0 Å². The number of hydrogen-bond donors (Lipinski definition) is 0. The van der Waals surface area contributed by atoms with Crippen molar-refractivity contribution in [1.82, 2.24) is 4.98 Å². The summed E-state index contributed by atoms with van der Waals surface area (Å²) < 4.78 is 5.83. The molecule has 0 fully saturated rings. The first-order chi connectivity index (χ1) is 8.29. The number of rotatable bonds is 4. The topological polar surface area (TPSA) is 22.1 Å². The molecule has 17 heavy (non-hydrogen) atoms. The van der Waals surface area contributed by atoms with Gasteiger partial charge >= 0.3 is 0 Å². The lowest BCUT2D eigenvalue weighted by molar-refractivity contribution is 0.301. The van der Waals surface area contributed by atoms with Gasteiger partial charge in [0.05, 0.1) is 5.69 Å². The predicted octanol–water partition coefficient (Wildman–Crippen LogP) is 3.53. The standard InChI is InChI=1S/C15H17NO/c1-3-14-15(9-12(2)10-16-14)17-11-13-7-5-4-6-8-13/h4-10H,3,11H2,1-2H3. The molecule has 0 amide bonds.